The van der Waals surface area contributed by atoms with Gasteiger partial charge in [0.1, 0.15) is 5.57 Å². The number of rotatable bonds is 5. The number of hydrogen-bond acceptors (Lipinski definition) is 3. The third-order valence-corrected chi connectivity index (χ3v) is 5.94. The van der Waals surface area contributed by atoms with E-state index in [1.807, 2.05) is 32.9 Å². The van der Waals surface area contributed by atoms with Gasteiger partial charge in [0, 0.05) is 28.9 Å². The minimum atomic E-state index is -0.473. The molecule has 170 valence electrons. The first kappa shape index (κ1) is 22.7. The standard InChI is InChI=1S/C25H25ClN4O3/c1-14(2)21-19(24(32)30(27-21)18-8-6-17(26)7-9-18)20-22(28-12-10-16(5)11-13-28)25(33)29(15(3)4)23(20)31/h6-15H,1-5H3/p+1. The van der Waals surface area contributed by atoms with Crippen LogP contribution in [-0.4, -0.2) is 32.5 Å². The number of benzene rings is 1. The van der Waals surface area contributed by atoms with Crippen LogP contribution in [0.25, 0.3) is 17.0 Å². The monoisotopic (exact) mass is 465 g/mol. The average molecular weight is 466 g/mol. The summed E-state index contributed by atoms with van der Waals surface area (Å²) in [5.41, 5.74) is 2.29. The van der Waals surface area contributed by atoms with Crippen LogP contribution >= 0.6 is 11.6 Å². The SMILES string of the molecule is Cc1cc[n+](C2=C(c3c(C(C)C)[nH]n(-c4ccc(Cl)cc4)c3=O)C(=O)N(C(C)C)C2=O)cc1. The van der Waals surface area contributed by atoms with E-state index in [4.69, 9.17) is 11.6 Å². The fourth-order valence-corrected chi connectivity index (χ4v) is 4.13. The Bertz CT molecular complexity index is 1330. The van der Waals surface area contributed by atoms with Crippen molar-refractivity contribution in [3.05, 3.63) is 81.0 Å². The molecule has 1 aliphatic rings. The number of imide groups is 1. The lowest BCUT2D eigenvalue weighted by Crippen LogP contribution is -2.42. The summed E-state index contributed by atoms with van der Waals surface area (Å²) in [7, 11) is 0. The van der Waals surface area contributed by atoms with Gasteiger partial charge in [-0.3, -0.25) is 24.4 Å². The van der Waals surface area contributed by atoms with E-state index in [1.165, 1.54) is 9.58 Å². The fraction of sp³-hybridized carbons (Fsp3) is 0.280. The second-order valence-electron chi connectivity index (χ2n) is 8.75. The fourth-order valence-electron chi connectivity index (χ4n) is 4.00. The zero-order valence-electron chi connectivity index (χ0n) is 19.2. The van der Waals surface area contributed by atoms with Gasteiger partial charge in [-0.2, -0.15) is 4.57 Å². The van der Waals surface area contributed by atoms with Gasteiger partial charge in [0.15, 0.2) is 12.4 Å². The smallest absolute Gasteiger partial charge is 0.294 e. The van der Waals surface area contributed by atoms with Crippen LogP contribution in [0.5, 0.6) is 0 Å². The predicted molar refractivity (Wildman–Crippen MR) is 127 cm³/mol. The quantitative estimate of drug-likeness (QED) is 0.461. The minimum Gasteiger partial charge on any atom is -0.294 e. The van der Waals surface area contributed by atoms with Gasteiger partial charge >= 0.3 is 5.91 Å². The number of nitrogens with zero attached hydrogens (tertiary/aromatic N) is 3. The van der Waals surface area contributed by atoms with E-state index in [0.29, 0.717) is 16.4 Å². The van der Waals surface area contributed by atoms with E-state index < -0.39 is 17.4 Å². The molecule has 33 heavy (non-hydrogen) atoms. The Morgan fingerprint density at radius 2 is 1.52 bits per heavy atom. The Morgan fingerprint density at radius 3 is 2.06 bits per heavy atom. The summed E-state index contributed by atoms with van der Waals surface area (Å²) >= 11 is 6.01. The molecule has 3 aromatic rings. The molecule has 3 heterocycles. The largest absolute Gasteiger partial charge is 0.327 e. The molecule has 0 fully saturated rings. The summed E-state index contributed by atoms with van der Waals surface area (Å²) in [6.45, 7) is 9.37. The van der Waals surface area contributed by atoms with Crippen molar-refractivity contribution in [2.75, 3.05) is 0 Å². The number of hydrogen-bond donors (Lipinski definition) is 1. The molecular weight excluding hydrogens is 440 g/mol. The number of amides is 2. The zero-order valence-corrected chi connectivity index (χ0v) is 20.0. The molecule has 0 bridgehead atoms. The van der Waals surface area contributed by atoms with Crippen molar-refractivity contribution in [1.29, 1.82) is 0 Å². The summed E-state index contributed by atoms with van der Waals surface area (Å²) < 4.78 is 3.01. The molecule has 8 heteroatoms. The molecule has 0 radical (unpaired) electrons. The molecule has 0 spiro atoms. The molecule has 0 aliphatic carbocycles. The predicted octanol–water partition coefficient (Wildman–Crippen LogP) is 3.68. The zero-order chi connectivity index (χ0) is 24.0. The maximum Gasteiger partial charge on any atom is 0.327 e. The lowest BCUT2D eigenvalue weighted by molar-refractivity contribution is -0.577. The van der Waals surface area contributed by atoms with Crippen molar-refractivity contribution in [3.8, 4) is 5.69 Å². The van der Waals surface area contributed by atoms with Gasteiger partial charge < -0.3 is 0 Å². The van der Waals surface area contributed by atoms with Crippen molar-refractivity contribution >= 4 is 34.7 Å². The molecule has 0 saturated carbocycles. The normalized spacial score (nSPS) is 14.4. The Morgan fingerprint density at radius 1 is 0.909 bits per heavy atom. The second-order valence-corrected chi connectivity index (χ2v) is 9.19. The molecule has 2 amide bonds. The van der Waals surface area contributed by atoms with E-state index in [2.05, 4.69) is 5.10 Å². The van der Waals surface area contributed by atoms with Gasteiger partial charge in [0.05, 0.1) is 11.3 Å². The first-order valence-electron chi connectivity index (χ1n) is 10.8. The van der Waals surface area contributed by atoms with Crippen LogP contribution in [0.15, 0.2) is 53.6 Å². The van der Waals surface area contributed by atoms with Gasteiger partial charge in [-0.15, -0.1) is 0 Å². The summed E-state index contributed by atoms with van der Waals surface area (Å²) in [6, 6.07) is 10.2. The van der Waals surface area contributed by atoms with Crippen molar-refractivity contribution in [1.82, 2.24) is 14.7 Å². The van der Waals surface area contributed by atoms with Crippen LogP contribution in [0.4, 0.5) is 0 Å². The molecule has 1 N–H and O–H groups in total. The van der Waals surface area contributed by atoms with Gasteiger partial charge in [0.2, 0.25) is 0 Å². The summed E-state index contributed by atoms with van der Waals surface area (Å²) in [5, 5.41) is 3.71. The van der Waals surface area contributed by atoms with Crippen LogP contribution < -0.4 is 10.1 Å². The Balaban J connectivity index is 2.04. The highest BCUT2D eigenvalue weighted by Crippen LogP contribution is 2.33. The van der Waals surface area contributed by atoms with Crippen molar-refractivity contribution in [2.24, 2.45) is 0 Å². The molecule has 1 aliphatic heterocycles. The number of carbonyl (C=O) groups is 2. The van der Waals surface area contributed by atoms with Crippen LogP contribution in [0, 0.1) is 6.92 Å². The minimum absolute atomic E-state index is 0.103. The van der Waals surface area contributed by atoms with Crippen LogP contribution in [-0.2, 0) is 9.59 Å². The number of pyridine rings is 1. The van der Waals surface area contributed by atoms with E-state index in [1.54, 1.807) is 55.1 Å². The third kappa shape index (κ3) is 3.82. The number of halogens is 1. The summed E-state index contributed by atoms with van der Waals surface area (Å²) in [6.07, 6.45) is 3.47. The van der Waals surface area contributed by atoms with E-state index >= 15 is 0 Å². The number of H-pyrrole nitrogens is 1. The van der Waals surface area contributed by atoms with Crippen LogP contribution in [0.2, 0.25) is 5.02 Å². The number of aromatic amines is 1. The highest BCUT2D eigenvalue weighted by Gasteiger charge is 2.48. The van der Waals surface area contributed by atoms with Gasteiger partial charge in [0.25, 0.3) is 17.2 Å². The molecule has 0 unspecified atom stereocenters. The van der Waals surface area contributed by atoms with Crippen molar-refractivity contribution < 1.29 is 14.2 Å². The second kappa shape index (κ2) is 8.48. The maximum atomic E-state index is 13.7. The maximum absolute atomic E-state index is 13.7. The van der Waals surface area contributed by atoms with Gasteiger partial charge in [-0.05, 0) is 56.5 Å². The van der Waals surface area contributed by atoms with Crippen molar-refractivity contribution in [2.45, 2.75) is 46.6 Å². The van der Waals surface area contributed by atoms with Crippen LogP contribution in [0.3, 0.4) is 0 Å². The number of carbonyl (C=O) groups excluding carboxylic acids is 2. The Hall–Kier alpha value is -3.45. The summed E-state index contributed by atoms with van der Waals surface area (Å²) in [4.78, 5) is 41.9. The summed E-state index contributed by atoms with van der Waals surface area (Å²) in [5.74, 6) is -0.999. The molecule has 0 atom stereocenters. The lowest BCUT2D eigenvalue weighted by atomic mass is 9.98. The first-order valence-corrected chi connectivity index (χ1v) is 11.2. The average Bonchev–Trinajstić information content (AvgIpc) is 3.22. The highest BCUT2D eigenvalue weighted by molar-refractivity contribution is 6.44. The number of nitrogens with one attached hydrogen (secondary N) is 1. The molecule has 0 saturated heterocycles. The first-order chi connectivity index (χ1) is 15.6. The van der Waals surface area contributed by atoms with E-state index in [9.17, 15) is 14.4 Å². The van der Waals surface area contributed by atoms with Crippen LogP contribution in [0.1, 0.15) is 50.4 Å². The van der Waals surface area contributed by atoms with E-state index in [0.717, 1.165) is 5.56 Å². The topological polar surface area (TPSA) is 79.1 Å². The molecule has 2 aromatic heterocycles. The molecule has 7 nitrogen and oxygen atoms in total. The number of aromatic nitrogens is 3. The Kier molecular flexibility index (Phi) is 5.84. The molecular formula is C25H26ClN4O3+. The van der Waals surface area contributed by atoms with Gasteiger partial charge in [-0.25, -0.2) is 4.68 Å². The molecule has 1 aromatic carbocycles. The highest BCUT2D eigenvalue weighted by atomic mass is 35.5. The molecule has 4 rings (SSSR count). The Labute approximate surface area is 196 Å². The lowest BCUT2D eigenvalue weighted by Gasteiger charge is -2.17. The number of aryl methyl sites for hydroxylation is 1. The third-order valence-electron chi connectivity index (χ3n) is 5.69. The van der Waals surface area contributed by atoms with E-state index in [-0.39, 0.29) is 28.8 Å². The van der Waals surface area contributed by atoms with Gasteiger partial charge in [-0.1, -0.05) is 25.4 Å². The van der Waals surface area contributed by atoms with Crippen molar-refractivity contribution in [3.63, 3.8) is 0 Å².